The molecule has 0 bridgehead atoms. The van der Waals surface area contributed by atoms with Crippen LogP contribution in [0.5, 0.6) is 0 Å². The van der Waals surface area contributed by atoms with E-state index >= 15 is 0 Å². The van der Waals surface area contributed by atoms with Crippen LogP contribution in [0.15, 0.2) is 78.4 Å². The molecule has 4 aromatic carbocycles. The SMILES string of the molecule is CC=O.CCC(=O)OC/C(=C/c1ccc(C)cc1)COC=O.CCc1c(COC)cc(COC(C)=O)cc1CPC(C)=O.CNc1c(COC(C)=O)cc(COC(C)=O)cc1COC(C)=O.CNc1ccc(CPC(=O)C(C)C(C)C)cc1. The monoisotopic (exact) mass is 1190 g/mol. The fraction of sp³-hybridized carbons (Fsp3) is 0.444. The molecular formula is C63H88N2O16P2. The van der Waals surface area contributed by atoms with Crippen molar-refractivity contribution in [2.75, 3.05) is 45.1 Å². The van der Waals surface area contributed by atoms with Crippen molar-refractivity contribution in [2.45, 2.75) is 141 Å². The lowest BCUT2D eigenvalue weighted by atomic mass is 9.97. The van der Waals surface area contributed by atoms with Gasteiger partial charge in [-0.15, -0.1) is 0 Å². The quantitative estimate of drug-likeness (QED) is 0.0232. The molecule has 0 aromatic heterocycles. The highest BCUT2D eigenvalue weighted by Gasteiger charge is 2.17. The van der Waals surface area contributed by atoms with Gasteiger partial charge in [-0.05, 0) is 138 Å². The molecule has 0 aliphatic carbocycles. The molecule has 3 atom stereocenters. The van der Waals surface area contributed by atoms with Gasteiger partial charge in [-0.25, -0.2) is 0 Å². The highest BCUT2D eigenvalue weighted by atomic mass is 31.1. The number of carbonyl (C=O) groups is 9. The van der Waals surface area contributed by atoms with Gasteiger partial charge in [0.05, 0.1) is 6.61 Å². The van der Waals surface area contributed by atoms with Gasteiger partial charge in [0.1, 0.15) is 51.5 Å². The highest BCUT2D eigenvalue weighted by Crippen LogP contribution is 2.30. The van der Waals surface area contributed by atoms with Crippen LogP contribution in [0, 0.1) is 18.8 Å². The molecule has 0 spiro atoms. The van der Waals surface area contributed by atoms with Crippen LogP contribution in [0.2, 0.25) is 0 Å². The number of hydrogen-bond donors (Lipinski definition) is 2. The molecule has 0 aliphatic heterocycles. The summed E-state index contributed by atoms with van der Waals surface area (Å²) in [5, 5.41) is 6.10. The predicted molar refractivity (Wildman–Crippen MR) is 328 cm³/mol. The molecule has 0 radical (unpaired) electrons. The topological polar surface area (TPSA) is 242 Å². The number of hydrogen-bond acceptors (Lipinski definition) is 18. The lowest BCUT2D eigenvalue weighted by molar-refractivity contribution is -0.143. The Morgan fingerprint density at radius 1 is 0.590 bits per heavy atom. The number of esters is 5. The minimum Gasteiger partial charge on any atom is -0.463 e. The van der Waals surface area contributed by atoms with Crippen LogP contribution in [0.1, 0.15) is 138 Å². The number of carbonyl (C=O) groups excluding carboxylic acids is 9. The van der Waals surface area contributed by atoms with Gasteiger partial charge in [-0.1, -0.05) is 82.6 Å². The van der Waals surface area contributed by atoms with Crippen LogP contribution in [0.3, 0.4) is 0 Å². The second-order valence-corrected chi connectivity index (χ2v) is 21.4. The third-order valence-electron chi connectivity index (χ3n) is 11.6. The third kappa shape index (κ3) is 34.8. The van der Waals surface area contributed by atoms with Crippen molar-refractivity contribution < 1.29 is 76.3 Å². The van der Waals surface area contributed by atoms with E-state index in [-0.39, 0.29) is 71.6 Å². The Bertz CT molecular complexity index is 2650. The fourth-order valence-electron chi connectivity index (χ4n) is 7.15. The van der Waals surface area contributed by atoms with Crippen LogP contribution >= 0.6 is 17.2 Å². The number of ether oxygens (including phenoxy) is 7. The Morgan fingerprint density at radius 2 is 1.08 bits per heavy atom. The molecule has 18 nitrogen and oxygen atoms in total. The molecule has 0 saturated carbocycles. The number of rotatable bonds is 28. The maximum absolute atomic E-state index is 11.9. The number of methoxy groups -OCH3 is 1. The first kappa shape index (κ1) is 75.9. The molecule has 4 aromatic rings. The first-order valence-electron chi connectivity index (χ1n) is 27.1. The molecule has 2 N–H and O–H groups in total. The molecule has 0 fully saturated rings. The Balaban J connectivity index is 0.00000107. The average molecular weight is 1190 g/mol. The summed E-state index contributed by atoms with van der Waals surface area (Å²) in [6.07, 6.45) is 5.44. The Labute approximate surface area is 494 Å². The largest absolute Gasteiger partial charge is 0.463 e. The minimum atomic E-state index is -0.404. The summed E-state index contributed by atoms with van der Waals surface area (Å²) in [6, 6.07) is 23.8. The first-order chi connectivity index (χ1) is 39.4. The predicted octanol–water partition coefficient (Wildman–Crippen LogP) is 11.5. The van der Waals surface area contributed by atoms with E-state index in [1.165, 1.54) is 51.3 Å². The summed E-state index contributed by atoms with van der Waals surface area (Å²) in [4.78, 5) is 97.3. The summed E-state index contributed by atoms with van der Waals surface area (Å²) >= 11 is 0. The normalized spacial score (nSPS) is 10.9. The van der Waals surface area contributed by atoms with Gasteiger partial charge in [-0.2, -0.15) is 0 Å². The second kappa shape index (κ2) is 44.5. The smallest absolute Gasteiger partial charge is 0.305 e. The van der Waals surface area contributed by atoms with Crippen molar-refractivity contribution in [3.05, 3.63) is 134 Å². The molecule has 20 heteroatoms. The van der Waals surface area contributed by atoms with Gasteiger partial charge in [-0.3, -0.25) is 38.4 Å². The zero-order valence-electron chi connectivity index (χ0n) is 51.1. The summed E-state index contributed by atoms with van der Waals surface area (Å²) < 4.78 is 35.2. The van der Waals surface area contributed by atoms with Crippen LogP contribution in [0.4, 0.5) is 11.4 Å². The van der Waals surface area contributed by atoms with Crippen molar-refractivity contribution in [3.8, 4) is 0 Å². The van der Waals surface area contributed by atoms with Gasteiger partial charge >= 0.3 is 29.8 Å². The minimum absolute atomic E-state index is 0.0620. The highest BCUT2D eigenvalue weighted by molar-refractivity contribution is 7.57. The van der Waals surface area contributed by atoms with E-state index in [0.717, 1.165) is 58.5 Å². The van der Waals surface area contributed by atoms with Gasteiger partial charge in [0, 0.05) is 89.3 Å². The van der Waals surface area contributed by atoms with Gasteiger partial charge in [0.15, 0.2) is 5.52 Å². The second-order valence-electron chi connectivity index (χ2n) is 18.8. The van der Waals surface area contributed by atoms with E-state index in [1.54, 1.807) is 40.1 Å². The van der Waals surface area contributed by atoms with Crippen LogP contribution in [-0.2, 0) is 128 Å². The fourth-order valence-corrected chi connectivity index (χ4v) is 9.18. The van der Waals surface area contributed by atoms with Crippen molar-refractivity contribution >= 4 is 88.3 Å². The zero-order chi connectivity index (χ0) is 62.9. The summed E-state index contributed by atoms with van der Waals surface area (Å²) in [7, 11) is 5.95. The molecule has 0 heterocycles. The number of benzene rings is 4. The average Bonchev–Trinajstić information content (AvgIpc) is 3.58. The first-order valence-corrected chi connectivity index (χ1v) is 29.5. The maximum atomic E-state index is 11.9. The summed E-state index contributed by atoms with van der Waals surface area (Å²) in [6.45, 7) is 22.1. The molecule has 0 saturated heterocycles. The van der Waals surface area contributed by atoms with Crippen molar-refractivity contribution in [2.24, 2.45) is 11.8 Å². The Morgan fingerprint density at radius 3 is 1.51 bits per heavy atom. The van der Waals surface area contributed by atoms with Crippen LogP contribution in [-0.4, -0.2) is 88.1 Å². The van der Waals surface area contributed by atoms with E-state index in [9.17, 15) is 38.4 Å². The lowest BCUT2D eigenvalue weighted by Gasteiger charge is -2.17. The molecule has 83 heavy (non-hydrogen) atoms. The molecule has 4 rings (SSSR count). The van der Waals surface area contributed by atoms with Crippen LogP contribution < -0.4 is 10.6 Å². The molecule has 3 unspecified atom stereocenters. The molecule has 0 amide bonds. The molecule has 0 aliphatic rings. The van der Waals surface area contributed by atoms with E-state index in [0.29, 0.717) is 61.9 Å². The number of aldehydes is 1. The maximum Gasteiger partial charge on any atom is 0.305 e. The standard InChI is InChI=1S/C16H21NO6.C16H23O4P.C15H18O4.C14H22NOP.C2H4O/c1-10(18)21-7-13-5-14(8-22-11(2)19)16(17-4)15(6-13)9-23-12(3)20;1-5-16-14(9-19-4)6-13(8-20-11(2)17)7-15(16)10-21-12(3)18;1-3-15(17)19-10-14(9-18-11-16)8-13-6-4-12(2)5-7-13;1-10(2)11(3)14(16)17-9-12-5-7-13(15-4)8-6-12;1-2-3/h5-6,17H,7-9H2,1-4H3;6-7,21H,5,8-10H2,1-4H3;4-8,11H,3,9-10H2,1-2H3;5-8,10-11,15,17H,9H2,1-4H3;2H,1H3/b;;14-8+;;. The van der Waals surface area contributed by atoms with E-state index in [1.807, 2.05) is 63.4 Å². The Hall–Kier alpha value is -7.13. The number of aryl methyl sites for hydroxylation is 1. The van der Waals surface area contributed by atoms with E-state index in [2.05, 4.69) is 55.7 Å². The van der Waals surface area contributed by atoms with Gasteiger partial charge in [0.25, 0.3) is 6.47 Å². The lowest BCUT2D eigenvalue weighted by Crippen LogP contribution is -2.12. The van der Waals surface area contributed by atoms with Crippen molar-refractivity contribution in [3.63, 3.8) is 0 Å². The Kier molecular flexibility index (Phi) is 40.6. The van der Waals surface area contributed by atoms with Crippen molar-refractivity contribution in [1.29, 1.82) is 0 Å². The molecular weight excluding hydrogens is 1100 g/mol. The summed E-state index contributed by atoms with van der Waals surface area (Å²) in [5.41, 5.74) is 13.1. The van der Waals surface area contributed by atoms with Crippen LogP contribution in [0.25, 0.3) is 6.08 Å². The number of nitrogens with one attached hydrogen (secondary N) is 2. The third-order valence-corrected chi connectivity index (χ3v) is 14.1. The zero-order valence-corrected chi connectivity index (χ0v) is 53.1. The molecule has 456 valence electrons. The van der Waals surface area contributed by atoms with E-state index in [4.69, 9.17) is 38.0 Å². The van der Waals surface area contributed by atoms with E-state index < -0.39 is 17.9 Å². The van der Waals surface area contributed by atoms with Crippen molar-refractivity contribution in [1.82, 2.24) is 0 Å². The van der Waals surface area contributed by atoms with Gasteiger partial charge < -0.3 is 48.6 Å². The number of anilines is 2. The van der Waals surface area contributed by atoms with Gasteiger partial charge in [0.2, 0.25) is 0 Å². The summed E-state index contributed by atoms with van der Waals surface area (Å²) in [5.74, 6) is -1.15.